The Labute approximate surface area is 129 Å². The zero-order chi connectivity index (χ0) is 15.9. The number of hydrogen-bond donors (Lipinski definition) is 1. The van der Waals surface area contributed by atoms with Crippen LogP contribution in [0.5, 0.6) is 0 Å². The fourth-order valence-electron chi connectivity index (χ4n) is 4.17. The van der Waals surface area contributed by atoms with Crippen molar-refractivity contribution in [2.45, 2.75) is 85.1 Å². The van der Waals surface area contributed by atoms with Crippen molar-refractivity contribution in [2.24, 2.45) is 16.7 Å². The molecule has 0 spiro atoms. The Bertz CT molecular complexity index is 412. The number of hydrogen-bond acceptors (Lipinski definition) is 2. The smallest absolute Gasteiger partial charge is 0.221 e. The van der Waals surface area contributed by atoms with Crippen LogP contribution in [0.2, 0.25) is 0 Å². The number of carbonyl (C=O) groups excluding carboxylic acids is 2. The Morgan fingerprint density at radius 3 is 1.95 bits per heavy atom. The third-order valence-electron chi connectivity index (χ3n) is 5.82. The first-order valence-electron chi connectivity index (χ1n) is 8.43. The van der Waals surface area contributed by atoms with E-state index in [0.717, 1.165) is 19.3 Å². The average molecular weight is 293 g/mol. The number of fused-ring (bicyclic) bond motifs is 3. The van der Waals surface area contributed by atoms with E-state index in [1.807, 2.05) is 27.7 Å². The summed E-state index contributed by atoms with van der Waals surface area (Å²) in [6, 6.07) is 0. The molecule has 0 aromatic carbocycles. The predicted molar refractivity (Wildman–Crippen MR) is 84.9 cm³/mol. The number of Topliss-reactive ketones (excluding diaryl/α,β-unsaturated/α-hetero) is 1. The van der Waals surface area contributed by atoms with E-state index in [2.05, 4.69) is 12.2 Å². The molecule has 3 saturated carbocycles. The van der Waals surface area contributed by atoms with Crippen molar-refractivity contribution in [3.8, 4) is 0 Å². The highest BCUT2D eigenvalue weighted by Crippen LogP contribution is 2.52. The van der Waals surface area contributed by atoms with Gasteiger partial charge in [-0.1, -0.05) is 34.6 Å². The molecular weight excluding hydrogens is 262 g/mol. The molecule has 1 N–H and O–H groups in total. The summed E-state index contributed by atoms with van der Waals surface area (Å²) in [5.41, 5.74) is -0.0299. The quantitative estimate of drug-likeness (QED) is 0.836. The second-order valence-electron chi connectivity index (χ2n) is 8.72. The minimum Gasteiger partial charge on any atom is -0.351 e. The van der Waals surface area contributed by atoms with E-state index in [1.165, 1.54) is 19.3 Å². The molecule has 3 rings (SSSR count). The lowest BCUT2D eigenvalue weighted by Gasteiger charge is -2.52. The fourth-order valence-corrected chi connectivity index (χ4v) is 4.17. The van der Waals surface area contributed by atoms with E-state index in [4.69, 9.17) is 0 Å². The summed E-state index contributed by atoms with van der Waals surface area (Å²) in [7, 11) is 0. The van der Waals surface area contributed by atoms with E-state index >= 15 is 0 Å². The molecule has 2 bridgehead atoms. The topological polar surface area (TPSA) is 46.2 Å². The van der Waals surface area contributed by atoms with E-state index in [1.54, 1.807) is 0 Å². The van der Waals surface area contributed by atoms with Crippen LogP contribution in [-0.4, -0.2) is 17.2 Å². The van der Waals surface area contributed by atoms with Gasteiger partial charge in [-0.05, 0) is 43.9 Å². The van der Waals surface area contributed by atoms with Crippen molar-refractivity contribution in [3.05, 3.63) is 0 Å². The summed E-state index contributed by atoms with van der Waals surface area (Å²) in [5.74, 6) is 0.213. The first-order chi connectivity index (χ1) is 9.58. The molecule has 21 heavy (non-hydrogen) atoms. The largest absolute Gasteiger partial charge is 0.351 e. The molecule has 120 valence electrons. The molecule has 0 atom stereocenters. The van der Waals surface area contributed by atoms with Gasteiger partial charge in [0.1, 0.15) is 5.78 Å². The molecule has 0 radical (unpaired) electrons. The summed E-state index contributed by atoms with van der Waals surface area (Å²) < 4.78 is 0. The summed E-state index contributed by atoms with van der Waals surface area (Å²) in [6.45, 7) is 9.98. The Morgan fingerprint density at radius 1 is 1.05 bits per heavy atom. The van der Waals surface area contributed by atoms with Crippen LogP contribution in [0.1, 0.15) is 79.6 Å². The molecule has 0 saturated heterocycles. The summed E-state index contributed by atoms with van der Waals surface area (Å²) in [5, 5.41) is 3.30. The lowest BCUT2D eigenvalue weighted by atomic mass is 9.58. The zero-order valence-corrected chi connectivity index (χ0v) is 14.3. The summed E-state index contributed by atoms with van der Waals surface area (Å²) in [6.07, 6.45) is 7.29. The van der Waals surface area contributed by atoms with Crippen LogP contribution >= 0.6 is 0 Å². The second kappa shape index (κ2) is 5.40. The van der Waals surface area contributed by atoms with Crippen molar-refractivity contribution >= 4 is 11.7 Å². The molecule has 3 heteroatoms. The van der Waals surface area contributed by atoms with E-state index in [9.17, 15) is 9.59 Å². The molecule has 0 aromatic heterocycles. The van der Waals surface area contributed by atoms with Crippen LogP contribution in [0.25, 0.3) is 0 Å². The van der Waals surface area contributed by atoms with Gasteiger partial charge in [0.25, 0.3) is 0 Å². The fraction of sp³-hybridized carbons (Fsp3) is 0.889. The summed E-state index contributed by atoms with van der Waals surface area (Å²) in [4.78, 5) is 24.7. The third kappa shape index (κ3) is 3.49. The maximum atomic E-state index is 12.5. The minimum absolute atomic E-state index is 0.0176. The molecule has 3 aliphatic carbocycles. The lowest BCUT2D eigenvalue weighted by molar-refractivity contribution is -0.136. The Balaban J connectivity index is 1.95. The van der Waals surface area contributed by atoms with Crippen LogP contribution in [0.15, 0.2) is 0 Å². The minimum atomic E-state index is -0.563. The van der Waals surface area contributed by atoms with E-state index < -0.39 is 5.41 Å². The normalized spacial score (nSPS) is 32.3. The van der Waals surface area contributed by atoms with Crippen molar-refractivity contribution in [3.63, 3.8) is 0 Å². The molecule has 3 fully saturated rings. The average Bonchev–Trinajstić information content (AvgIpc) is 2.39. The Hall–Kier alpha value is -0.860. The maximum absolute atomic E-state index is 12.5. The van der Waals surface area contributed by atoms with Crippen molar-refractivity contribution in [1.82, 2.24) is 5.32 Å². The van der Waals surface area contributed by atoms with Gasteiger partial charge in [-0.15, -0.1) is 0 Å². The van der Waals surface area contributed by atoms with Gasteiger partial charge in [-0.3, -0.25) is 9.59 Å². The van der Waals surface area contributed by atoms with Gasteiger partial charge < -0.3 is 5.32 Å². The zero-order valence-electron chi connectivity index (χ0n) is 14.3. The second-order valence-corrected chi connectivity index (χ2v) is 8.72. The van der Waals surface area contributed by atoms with E-state index in [0.29, 0.717) is 11.8 Å². The number of rotatable bonds is 5. The first kappa shape index (κ1) is 16.5. The van der Waals surface area contributed by atoms with Gasteiger partial charge in [0, 0.05) is 23.3 Å². The predicted octanol–water partition coefficient (Wildman–Crippen LogP) is 3.86. The SMILES string of the molecule is CC(C)C(=O)C(C)(C)CC(=O)NC12CCC(C)(CC1)CC2. The number of ketones is 1. The molecule has 3 nitrogen and oxygen atoms in total. The number of carbonyl (C=O) groups is 2. The van der Waals surface area contributed by atoms with Crippen LogP contribution in [-0.2, 0) is 9.59 Å². The highest BCUT2D eigenvalue weighted by molar-refractivity contribution is 5.91. The summed E-state index contributed by atoms with van der Waals surface area (Å²) >= 11 is 0. The first-order valence-corrected chi connectivity index (χ1v) is 8.43. The molecule has 0 unspecified atom stereocenters. The molecule has 0 aromatic rings. The van der Waals surface area contributed by atoms with Crippen LogP contribution < -0.4 is 5.32 Å². The maximum Gasteiger partial charge on any atom is 0.221 e. The van der Waals surface area contributed by atoms with E-state index in [-0.39, 0.29) is 23.1 Å². The van der Waals surface area contributed by atoms with Gasteiger partial charge in [-0.25, -0.2) is 0 Å². The van der Waals surface area contributed by atoms with Gasteiger partial charge in [0.15, 0.2) is 0 Å². The van der Waals surface area contributed by atoms with Gasteiger partial charge in [0.05, 0.1) is 0 Å². The third-order valence-corrected chi connectivity index (χ3v) is 5.82. The van der Waals surface area contributed by atoms with Crippen LogP contribution in [0, 0.1) is 16.7 Å². The molecule has 1 amide bonds. The lowest BCUT2D eigenvalue weighted by Crippen LogP contribution is -2.56. The van der Waals surface area contributed by atoms with Crippen LogP contribution in [0.4, 0.5) is 0 Å². The highest BCUT2D eigenvalue weighted by atomic mass is 16.2. The molecular formula is C18H31NO2. The standard InChI is InChI=1S/C18H31NO2/c1-13(2)15(21)16(3,4)12-14(20)19-18-9-6-17(5,7-10-18)8-11-18/h13H,6-12H2,1-5H3,(H,19,20). The van der Waals surface area contributed by atoms with Crippen molar-refractivity contribution < 1.29 is 9.59 Å². The van der Waals surface area contributed by atoms with Crippen LogP contribution in [0.3, 0.4) is 0 Å². The van der Waals surface area contributed by atoms with Gasteiger partial charge in [-0.2, -0.15) is 0 Å². The molecule has 3 aliphatic rings. The monoisotopic (exact) mass is 293 g/mol. The van der Waals surface area contributed by atoms with Gasteiger partial charge in [0.2, 0.25) is 5.91 Å². The molecule has 0 heterocycles. The Kier molecular flexibility index (Phi) is 4.25. The van der Waals surface area contributed by atoms with Gasteiger partial charge >= 0.3 is 0 Å². The number of nitrogens with one attached hydrogen (secondary N) is 1. The Morgan fingerprint density at radius 2 is 1.52 bits per heavy atom. The van der Waals surface area contributed by atoms with Crippen molar-refractivity contribution in [2.75, 3.05) is 0 Å². The highest BCUT2D eigenvalue weighted by Gasteiger charge is 2.47. The molecule has 0 aliphatic heterocycles. The number of amides is 1. The van der Waals surface area contributed by atoms with Crippen molar-refractivity contribution in [1.29, 1.82) is 0 Å².